The maximum absolute atomic E-state index is 13.5. The molecule has 1 spiro atoms. The Bertz CT molecular complexity index is 879. The van der Waals surface area contributed by atoms with Crippen LogP contribution in [0.2, 0.25) is 5.02 Å². The van der Waals surface area contributed by atoms with Crippen molar-refractivity contribution in [2.45, 2.75) is 50.4 Å². The molecule has 3 saturated heterocycles. The summed E-state index contributed by atoms with van der Waals surface area (Å²) in [6.45, 7) is 2.23. The van der Waals surface area contributed by atoms with Gasteiger partial charge in [0, 0.05) is 13.2 Å². The van der Waals surface area contributed by atoms with Gasteiger partial charge in [0.05, 0.1) is 35.3 Å². The Morgan fingerprint density at radius 1 is 1.35 bits per heavy atom. The number of ether oxygens (including phenoxy) is 2. The second-order valence-corrected chi connectivity index (χ2v) is 8.65. The normalized spacial score (nSPS) is 31.1. The fourth-order valence-electron chi connectivity index (χ4n) is 5.36. The third-order valence-electron chi connectivity index (χ3n) is 6.55. The van der Waals surface area contributed by atoms with Crippen molar-refractivity contribution in [1.82, 2.24) is 4.90 Å². The number of anilines is 1. The van der Waals surface area contributed by atoms with Crippen LogP contribution in [-0.2, 0) is 23.9 Å². The number of rotatable bonds is 8. The maximum atomic E-state index is 13.5. The topological polar surface area (TPSA) is 105 Å². The third-order valence-corrected chi connectivity index (χ3v) is 6.88. The minimum absolute atomic E-state index is 0.00286. The van der Waals surface area contributed by atoms with Gasteiger partial charge in [-0.05, 0) is 44.7 Å². The van der Waals surface area contributed by atoms with Gasteiger partial charge in [-0.1, -0.05) is 23.7 Å². The number of amides is 2. The zero-order valence-electron chi connectivity index (χ0n) is 17.4. The van der Waals surface area contributed by atoms with Crippen LogP contribution in [-0.4, -0.2) is 65.3 Å². The van der Waals surface area contributed by atoms with Gasteiger partial charge in [-0.3, -0.25) is 14.4 Å². The summed E-state index contributed by atoms with van der Waals surface area (Å²) in [4.78, 5) is 41.2. The zero-order chi connectivity index (χ0) is 22.2. The first-order valence-corrected chi connectivity index (χ1v) is 11.1. The number of fused-ring (bicyclic) bond motifs is 1. The minimum atomic E-state index is -1.07. The van der Waals surface area contributed by atoms with Gasteiger partial charge in [0.25, 0.3) is 0 Å². The van der Waals surface area contributed by atoms with Crippen LogP contribution in [0.1, 0.15) is 32.6 Å². The van der Waals surface area contributed by atoms with E-state index in [0.29, 0.717) is 42.9 Å². The first-order valence-electron chi connectivity index (χ1n) is 10.8. The summed E-state index contributed by atoms with van der Waals surface area (Å²) >= 11 is 6.21. The molecule has 9 heteroatoms. The van der Waals surface area contributed by atoms with E-state index in [-0.39, 0.29) is 19.1 Å². The van der Waals surface area contributed by atoms with Crippen LogP contribution in [0.3, 0.4) is 0 Å². The van der Waals surface area contributed by atoms with Crippen LogP contribution in [0.4, 0.5) is 5.69 Å². The Labute approximate surface area is 185 Å². The summed E-state index contributed by atoms with van der Waals surface area (Å²) in [5.41, 5.74) is -0.616. The fourth-order valence-corrected chi connectivity index (χ4v) is 5.54. The molecule has 2 unspecified atom stereocenters. The van der Waals surface area contributed by atoms with Crippen LogP contribution >= 0.6 is 11.6 Å². The van der Waals surface area contributed by atoms with Crippen LogP contribution in [0, 0.1) is 11.8 Å². The van der Waals surface area contributed by atoms with Gasteiger partial charge in [0.1, 0.15) is 11.6 Å². The van der Waals surface area contributed by atoms with Gasteiger partial charge in [0.15, 0.2) is 0 Å². The van der Waals surface area contributed by atoms with Gasteiger partial charge in [0.2, 0.25) is 11.8 Å². The molecular weight excluding hydrogens is 424 g/mol. The van der Waals surface area contributed by atoms with Crippen LogP contribution in [0.15, 0.2) is 24.3 Å². The largest absolute Gasteiger partial charge is 0.466 e. The first kappa shape index (κ1) is 22.0. The van der Waals surface area contributed by atoms with E-state index in [4.69, 9.17) is 26.2 Å². The van der Waals surface area contributed by atoms with Gasteiger partial charge >= 0.3 is 5.97 Å². The Morgan fingerprint density at radius 3 is 2.84 bits per heavy atom. The second-order valence-electron chi connectivity index (χ2n) is 8.24. The van der Waals surface area contributed by atoms with E-state index in [1.54, 1.807) is 31.2 Å². The highest BCUT2D eigenvalue weighted by molar-refractivity contribution is 6.33. The molecule has 31 heavy (non-hydrogen) atoms. The molecule has 3 aliphatic rings. The van der Waals surface area contributed by atoms with Crippen molar-refractivity contribution in [3.63, 3.8) is 0 Å². The van der Waals surface area contributed by atoms with Crippen molar-refractivity contribution in [2.24, 2.45) is 11.8 Å². The summed E-state index contributed by atoms with van der Waals surface area (Å²) < 4.78 is 11.5. The summed E-state index contributed by atoms with van der Waals surface area (Å²) in [6, 6.07) is 6.00. The summed E-state index contributed by atoms with van der Waals surface area (Å²) in [5, 5.41) is 12.4. The molecule has 0 aliphatic carbocycles. The number of halogens is 1. The molecular formula is C22H27ClN2O6. The lowest BCUT2D eigenvalue weighted by molar-refractivity contribution is -0.154. The molecule has 0 radical (unpaired) electrons. The lowest BCUT2D eigenvalue weighted by atomic mass is 9.71. The molecule has 5 atom stereocenters. The second kappa shape index (κ2) is 8.76. The lowest BCUT2D eigenvalue weighted by Gasteiger charge is -2.33. The Kier molecular flexibility index (Phi) is 6.23. The van der Waals surface area contributed by atoms with Crippen molar-refractivity contribution >= 4 is 35.1 Å². The number of nitrogens with one attached hydrogen (secondary N) is 1. The number of likely N-dealkylation sites (tertiary alicyclic amines) is 1. The average Bonchev–Trinajstić information content (AvgIpc) is 3.38. The standard InChI is InChI=1S/C22H27ClN2O6/c1-2-30-21(29)16-15-9-10-22(31-15)17(16)20(28)25(11-5-6-12-26)18(22)19(27)24-14-8-4-3-7-13(14)23/h3-4,7-8,15-18,26H,2,5-6,9-12H2,1H3,(H,24,27)/t15-,16+,17-,18?,22?/m0/s1. The minimum Gasteiger partial charge on any atom is -0.466 e. The first-order chi connectivity index (χ1) is 14.9. The predicted molar refractivity (Wildman–Crippen MR) is 112 cm³/mol. The predicted octanol–water partition coefficient (Wildman–Crippen LogP) is 1.99. The third kappa shape index (κ3) is 3.60. The molecule has 3 fully saturated rings. The van der Waals surface area contributed by atoms with Gasteiger partial charge < -0.3 is 24.8 Å². The number of esters is 1. The molecule has 0 aromatic heterocycles. The molecule has 4 rings (SSSR count). The molecule has 1 aromatic rings. The molecule has 168 valence electrons. The molecule has 8 nitrogen and oxygen atoms in total. The summed E-state index contributed by atoms with van der Waals surface area (Å²) in [7, 11) is 0. The molecule has 2 bridgehead atoms. The Balaban J connectivity index is 1.67. The van der Waals surface area contributed by atoms with Gasteiger partial charge in [-0.2, -0.15) is 0 Å². The number of aliphatic hydroxyl groups excluding tert-OH is 1. The maximum Gasteiger partial charge on any atom is 0.312 e. The van der Waals surface area contributed by atoms with E-state index >= 15 is 0 Å². The monoisotopic (exact) mass is 450 g/mol. The number of hydrogen-bond acceptors (Lipinski definition) is 6. The van der Waals surface area contributed by atoms with E-state index in [1.165, 1.54) is 4.90 Å². The van der Waals surface area contributed by atoms with Crippen molar-refractivity contribution < 1.29 is 29.0 Å². The summed E-state index contributed by atoms with van der Waals surface area (Å²) in [5.74, 6) is -2.56. The van der Waals surface area contributed by atoms with E-state index in [0.717, 1.165) is 0 Å². The highest BCUT2D eigenvalue weighted by atomic mass is 35.5. The number of carbonyl (C=O) groups is 3. The van der Waals surface area contributed by atoms with E-state index in [9.17, 15) is 14.4 Å². The van der Waals surface area contributed by atoms with Crippen LogP contribution < -0.4 is 5.32 Å². The number of nitrogens with zero attached hydrogens (tertiary/aromatic N) is 1. The van der Waals surface area contributed by atoms with Crippen molar-refractivity contribution in [1.29, 1.82) is 0 Å². The van der Waals surface area contributed by atoms with Crippen molar-refractivity contribution in [2.75, 3.05) is 25.1 Å². The van der Waals surface area contributed by atoms with Crippen molar-refractivity contribution in [3.8, 4) is 0 Å². The summed E-state index contributed by atoms with van der Waals surface area (Å²) in [6.07, 6.45) is 1.72. The average molecular weight is 451 g/mol. The smallest absolute Gasteiger partial charge is 0.312 e. The molecule has 0 saturated carbocycles. The number of carbonyl (C=O) groups excluding carboxylic acids is 3. The Morgan fingerprint density at radius 2 is 2.13 bits per heavy atom. The zero-order valence-corrected chi connectivity index (χ0v) is 18.1. The molecule has 2 amide bonds. The van der Waals surface area contributed by atoms with Gasteiger partial charge in [-0.15, -0.1) is 0 Å². The van der Waals surface area contributed by atoms with Gasteiger partial charge in [-0.25, -0.2) is 0 Å². The Hall–Kier alpha value is -2.16. The highest BCUT2D eigenvalue weighted by Crippen LogP contribution is 2.58. The number of hydrogen-bond donors (Lipinski definition) is 2. The molecule has 2 N–H and O–H groups in total. The van der Waals surface area contributed by atoms with E-state index in [2.05, 4.69) is 5.32 Å². The quantitative estimate of drug-likeness (QED) is 0.463. The van der Waals surface area contributed by atoms with Crippen molar-refractivity contribution in [3.05, 3.63) is 29.3 Å². The van der Waals surface area contributed by atoms with Crippen LogP contribution in [0.25, 0.3) is 0 Å². The lowest BCUT2D eigenvalue weighted by Crippen LogP contribution is -2.53. The van der Waals surface area contributed by atoms with Crippen LogP contribution in [0.5, 0.6) is 0 Å². The fraction of sp³-hybridized carbons (Fsp3) is 0.591. The number of para-hydroxylation sites is 1. The molecule has 1 aromatic carbocycles. The SMILES string of the molecule is CCOC(=O)[C@@H]1[C@@H]2CCC3(O2)C(C(=O)Nc2ccccc2Cl)N(CCCCO)C(=O)[C@H]13. The highest BCUT2D eigenvalue weighted by Gasteiger charge is 2.74. The molecule has 3 heterocycles. The van der Waals surface area contributed by atoms with E-state index in [1.807, 2.05) is 0 Å². The van der Waals surface area contributed by atoms with E-state index < -0.39 is 41.5 Å². The number of benzene rings is 1. The molecule has 3 aliphatic heterocycles. The number of aliphatic hydroxyl groups is 1. The number of unbranched alkanes of at least 4 members (excludes halogenated alkanes) is 1.